The number of hydrogen-bond donors (Lipinski definition) is 3. The standard InChI is InChI=1S/C26H35N5O2.HI/c1-4-27-24(30-22-17-26(2,3)33-23-13-6-5-12-21(22)23)28-18-19-10-9-11-20(16-19)29-25(32)31-14-7-8-15-31;/h5-6,9-13,16,22H,4,7-8,14-15,17-18H2,1-3H3,(H,29,32)(H2,27,28,30);1H. The van der Waals surface area contributed by atoms with Gasteiger partial charge in [0.2, 0.25) is 0 Å². The Morgan fingerprint density at radius 2 is 1.91 bits per heavy atom. The first-order valence-electron chi connectivity index (χ1n) is 11.9. The summed E-state index contributed by atoms with van der Waals surface area (Å²) in [7, 11) is 0. The van der Waals surface area contributed by atoms with Crippen LogP contribution in [0.3, 0.4) is 0 Å². The van der Waals surface area contributed by atoms with E-state index in [4.69, 9.17) is 9.73 Å². The minimum absolute atomic E-state index is 0. The van der Waals surface area contributed by atoms with Gasteiger partial charge in [-0.2, -0.15) is 0 Å². The van der Waals surface area contributed by atoms with E-state index in [0.717, 1.165) is 67.4 Å². The van der Waals surface area contributed by atoms with Crippen molar-refractivity contribution >= 4 is 41.7 Å². The number of fused-ring (bicyclic) bond motifs is 1. The molecule has 2 aromatic rings. The smallest absolute Gasteiger partial charge is 0.321 e. The quantitative estimate of drug-likeness (QED) is 0.257. The molecule has 8 heteroatoms. The molecule has 1 unspecified atom stereocenters. The molecular weight excluding hydrogens is 541 g/mol. The molecule has 2 aliphatic heterocycles. The number of rotatable bonds is 5. The predicted molar refractivity (Wildman–Crippen MR) is 148 cm³/mol. The highest BCUT2D eigenvalue weighted by Crippen LogP contribution is 2.39. The lowest BCUT2D eigenvalue weighted by atomic mass is 9.90. The minimum Gasteiger partial charge on any atom is -0.487 e. The zero-order valence-electron chi connectivity index (χ0n) is 20.3. The highest BCUT2D eigenvalue weighted by molar-refractivity contribution is 14.0. The third-order valence-corrected chi connectivity index (χ3v) is 6.02. The van der Waals surface area contributed by atoms with E-state index in [9.17, 15) is 4.79 Å². The fourth-order valence-corrected chi connectivity index (χ4v) is 4.46. The van der Waals surface area contributed by atoms with Crippen molar-refractivity contribution < 1.29 is 9.53 Å². The van der Waals surface area contributed by atoms with Crippen LogP contribution in [0.15, 0.2) is 53.5 Å². The number of amides is 2. The van der Waals surface area contributed by atoms with E-state index in [1.807, 2.05) is 47.4 Å². The molecule has 0 radical (unpaired) electrons. The summed E-state index contributed by atoms with van der Waals surface area (Å²) < 4.78 is 6.16. The molecule has 184 valence electrons. The molecule has 2 amide bonds. The molecule has 7 nitrogen and oxygen atoms in total. The Balaban J connectivity index is 0.00000324. The molecule has 1 atom stereocenters. The summed E-state index contributed by atoms with van der Waals surface area (Å²) in [5.74, 6) is 1.69. The maximum atomic E-state index is 12.4. The Bertz CT molecular complexity index is 1000. The van der Waals surface area contributed by atoms with E-state index in [-0.39, 0.29) is 41.7 Å². The van der Waals surface area contributed by atoms with Crippen LogP contribution < -0.4 is 20.7 Å². The predicted octanol–water partition coefficient (Wildman–Crippen LogP) is 5.29. The summed E-state index contributed by atoms with van der Waals surface area (Å²) in [6.45, 7) is 9.24. The van der Waals surface area contributed by atoms with Gasteiger partial charge in [0.05, 0.1) is 12.6 Å². The summed E-state index contributed by atoms with van der Waals surface area (Å²) in [5, 5.41) is 9.99. The molecular formula is C26H36IN5O2. The van der Waals surface area contributed by atoms with Crippen molar-refractivity contribution in [2.75, 3.05) is 25.0 Å². The summed E-state index contributed by atoms with van der Waals surface area (Å²) >= 11 is 0. The normalized spacial score (nSPS) is 18.9. The Hall–Kier alpha value is -2.49. The van der Waals surface area contributed by atoms with Gasteiger partial charge in [0.25, 0.3) is 0 Å². The number of urea groups is 1. The van der Waals surface area contributed by atoms with Crippen LogP contribution in [0.4, 0.5) is 10.5 Å². The lowest BCUT2D eigenvalue weighted by Gasteiger charge is -2.38. The maximum absolute atomic E-state index is 12.4. The molecule has 3 N–H and O–H groups in total. The van der Waals surface area contributed by atoms with Crippen molar-refractivity contribution in [2.24, 2.45) is 4.99 Å². The number of guanidine groups is 1. The van der Waals surface area contributed by atoms with Crippen molar-refractivity contribution in [1.29, 1.82) is 0 Å². The highest BCUT2D eigenvalue weighted by Gasteiger charge is 2.34. The van der Waals surface area contributed by atoms with Crippen molar-refractivity contribution in [3.05, 3.63) is 59.7 Å². The number of carbonyl (C=O) groups is 1. The topological polar surface area (TPSA) is 78.0 Å². The molecule has 0 saturated carbocycles. The second-order valence-electron chi connectivity index (χ2n) is 9.32. The zero-order chi connectivity index (χ0) is 23.3. The molecule has 34 heavy (non-hydrogen) atoms. The van der Waals surface area contributed by atoms with Crippen LogP contribution >= 0.6 is 24.0 Å². The van der Waals surface area contributed by atoms with Crippen molar-refractivity contribution in [2.45, 2.75) is 58.2 Å². The van der Waals surface area contributed by atoms with Crippen LogP contribution in [0.5, 0.6) is 5.75 Å². The molecule has 4 rings (SSSR count). The van der Waals surface area contributed by atoms with E-state index in [0.29, 0.717) is 6.54 Å². The maximum Gasteiger partial charge on any atom is 0.321 e. The van der Waals surface area contributed by atoms with Gasteiger partial charge < -0.3 is 25.6 Å². The first-order chi connectivity index (χ1) is 15.9. The summed E-state index contributed by atoms with van der Waals surface area (Å²) in [5.41, 5.74) is 2.73. The Morgan fingerprint density at radius 3 is 2.68 bits per heavy atom. The Labute approximate surface area is 219 Å². The highest BCUT2D eigenvalue weighted by atomic mass is 127. The van der Waals surface area contributed by atoms with Gasteiger partial charge in [-0.3, -0.25) is 0 Å². The van der Waals surface area contributed by atoms with E-state index in [1.54, 1.807) is 0 Å². The lowest BCUT2D eigenvalue weighted by Crippen LogP contribution is -2.45. The van der Waals surface area contributed by atoms with Crippen LogP contribution in [0, 0.1) is 0 Å². The van der Waals surface area contributed by atoms with Gasteiger partial charge in [-0.1, -0.05) is 30.3 Å². The van der Waals surface area contributed by atoms with Gasteiger partial charge in [0.1, 0.15) is 11.4 Å². The molecule has 0 bridgehead atoms. The van der Waals surface area contributed by atoms with Gasteiger partial charge >= 0.3 is 6.03 Å². The molecule has 2 aromatic carbocycles. The number of carbonyl (C=O) groups excluding carboxylic acids is 1. The number of nitrogens with zero attached hydrogens (tertiary/aromatic N) is 2. The van der Waals surface area contributed by atoms with Crippen LogP contribution in [0.1, 0.15) is 57.2 Å². The van der Waals surface area contributed by atoms with Crippen molar-refractivity contribution in [1.82, 2.24) is 15.5 Å². The van der Waals surface area contributed by atoms with Gasteiger partial charge in [0, 0.05) is 37.3 Å². The third kappa shape index (κ3) is 6.77. The fraction of sp³-hybridized carbons (Fsp3) is 0.462. The van der Waals surface area contributed by atoms with Gasteiger partial charge in [-0.05, 0) is 57.4 Å². The molecule has 1 saturated heterocycles. The summed E-state index contributed by atoms with van der Waals surface area (Å²) in [4.78, 5) is 19.1. The van der Waals surface area contributed by atoms with E-state index < -0.39 is 0 Å². The monoisotopic (exact) mass is 577 g/mol. The van der Waals surface area contributed by atoms with E-state index in [1.165, 1.54) is 0 Å². The number of para-hydroxylation sites is 1. The van der Waals surface area contributed by atoms with Crippen LogP contribution in [-0.4, -0.2) is 42.1 Å². The molecule has 0 spiro atoms. The SMILES string of the molecule is CCNC(=NCc1cccc(NC(=O)N2CCCC2)c1)NC1CC(C)(C)Oc2ccccc21.I. The van der Waals surface area contributed by atoms with Crippen LogP contribution in [-0.2, 0) is 6.54 Å². The van der Waals surface area contributed by atoms with E-state index in [2.05, 4.69) is 42.8 Å². The van der Waals surface area contributed by atoms with Gasteiger partial charge in [-0.25, -0.2) is 9.79 Å². The first-order valence-corrected chi connectivity index (χ1v) is 11.9. The van der Waals surface area contributed by atoms with Gasteiger partial charge in [0.15, 0.2) is 5.96 Å². The number of likely N-dealkylation sites (tertiary alicyclic amines) is 1. The number of hydrogen-bond acceptors (Lipinski definition) is 3. The zero-order valence-corrected chi connectivity index (χ0v) is 22.6. The second kappa shape index (κ2) is 11.8. The fourth-order valence-electron chi connectivity index (χ4n) is 4.46. The van der Waals surface area contributed by atoms with E-state index >= 15 is 0 Å². The summed E-state index contributed by atoms with van der Waals surface area (Å²) in [6, 6.07) is 16.2. The van der Waals surface area contributed by atoms with Gasteiger partial charge in [-0.15, -0.1) is 24.0 Å². The number of anilines is 1. The average Bonchev–Trinajstić information content (AvgIpc) is 3.32. The van der Waals surface area contributed by atoms with Crippen molar-refractivity contribution in [3.8, 4) is 5.75 Å². The van der Waals surface area contributed by atoms with Crippen LogP contribution in [0.2, 0.25) is 0 Å². The first kappa shape index (κ1) is 26.1. The molecule has 1 fully saturated rings. The Kier molecular flexibility index (Phi) is 9.04. The average molecular weight is 578 g/mol. The molecule has 0 aromatic heterocycles. The number of aliphatic imine (C=N–C) groups is 1. The Morgan fingerprint density at radius 1 is 1.15 bits per heavy atom. The van der Waals surface area contributed by atoms with Crippen LogP contribution in [0.25, 0.3) is 0 Å². The number of halogens is 1. The third-order valence-electron chi connectivity index (χ3n) is 6.02. The summed E-state index contributed by atoms with van der Waals surface area (Å²) in [6.07, 6.45) is 3.00. The number of benzene rings is 2. The molecule has 0 aliphatic carbocycles. The number of nitrogens with one attached hydrogen (secondary N) is 3. The number of ether oxygens (including phenoxy) is 1. The second-order valence-corrected chi connectivity index (χ2v) is 9.32. The largest absolute Gasteiger partial charge is 0.487 e. The molecule has 2 heterocycles. The molecule has 2 aliphatic rings. The van der Waals surface area contributed by atoms with Crippen molar-refractivity contribution in [3.63, 3.8) is 0 Å². The minimum atomic E-state index is -0.259. The lowest BCUT2D eigenvalue weighted by molar-refractivity contribution is 0.0694.